The molecule has 0 amide bonds. The van der Waals surface area contributed by atoms with E-state index in [9.17, 15) is 4.79 Å². The van der Waals surface area contributed by atoms with Crippen molar-refractivity contribution in [2.45, 2.75) is 25.7 Å². The van der Waals surface area contributed by atoms with Crippen molar-refractivity contribution in [3.8, 4) is 5.75 Å². The second-order valence-corrected chi connectivity index (χ2v) is 5.40. The van der Waals surface area contributed by atoms with Gasteiger partial charge < -0.3 is 9.84 Å². The van der Waals surface area contributed by atoms with Crippen LogP contribution in [0.15, 0.2) is 27.1 Å². The minimum atomic E-state index is -0.735. The van der Waals surface area contributed by atoms with E-state index in [-0.39, 0.29) is 6.42 Å². The molecule has 0 aliphatic rings. The summed E-state index contributed by atoms with van der Waals surface area (Å²) >= 11 is 6.79. The average Bonchev–Trinajstić information content (AvgIpc) is 2.25. The van der Waals surface area contributed by atoms with Crippen molar-refractivity contribution in [2.75, 3.05) is 6.61 Å². The third-order valence-corrected chi connectivity index (χ3v) is 3.30. The topological polar surface area (TPSA) is 46.5 Å². The molecular formula is C12H14Br2O3. The maximum absolute atomic E-state index is 10.3. The first-order valence-electron chi connectivity index (χ1n) is 5.39. The minimum absolute atomic E-state index is 0.238. The molecule has 1 aromatic rings. The van der Waals surface area contributed by atoms with Crippen molar-refractivity contribution in [2.24, 2.45) is 0 Å². The number of hydrogen-bond donors (Lipinski definition) is 1. The summed E-state index contributed by atoms with van der Waals surface area (Å²) in [5, 5.41) is 8.47. The Bertz CT molecular complexity index is 380. The molecule has 1 rings (SSSR count). The number of carboxylic acids is 1. The summed E-state index contributed by atoms with van der Waals surface area (Å²) in [6, 6.07) is 5.75. The highest BCUT2D eigenvalue weighted by atomic mass is 79.9. The van der Waals surface area contributed by atoms with Crippen LogP contribution in [0, 0.1) is 0 Å². The van der Waals surface area contributed by atoms with Gasteiger partial charge in [-0.05, 0) is 53.4 Å². The highest BCUT2D eigenvalue weighted by Gasteiger charge is 2.01. The van der Waals surface area contributed by atoms with Gasteiger partial charge in [-0.25, -0.2) is 0 Å². The monoisotopic (exact) mass is 364 g/mol. The van der Waals surface area contributed by atoms with E-state index in [1.165, 1.54) is 0 Å². The summed E-state index contributed by atoms with van der Waals surface area (Å²) in [6.45, 7) is 0.611. The molecule has 0 fully saturated rings. The van der Waals surface area contributed by atoms with Crippen LogP contribution in [0.3, 0.4) is 0 Å². The second-order valence-electron chi connectivity index (χ2n) is 3.63. The first kappa shape index (κ1) is 14.5. The molecule has 3 nitrogen and oxygen atoms in total. The van der Waals surface area contributed by atoms with Gasteiger partial charge in [-0.1, -0.05) is 15.9 Å². The van der Waals surface area contributed by atoms with E-state index in [1.807, 2.05) is 18.2 Å². The summed E-state index contributed by atoms with van der Waals surface area (Å²) in [6.07, 6.45) is 2.69. The Balaban J connectivity index is 2.20. The molecule has 0 aromatic heterocycles. The summed E-state index contributed by atoms with van der Waals surface area (Å²) in [5.74, 6) is 0.0769. The van der Waals surface area contributed by atoms with Gasteiger partial charge in [0, 0.05) is 10.9 Å². The van der Waals surface area contributed by atoms with Crippen LogP contribution in [0.4, 0.5) is 0 Å². The van der Waals surface area contributed by atoms with Crippen molar-refractivity contribution in [1.29, 1.82) is 0 Å². The molecule has 0 atom stereocenters. The fourth-order valence-corrected chi connectivity index (χ4v) is 2.49. The third kappa shape index (κ3) is 6.07. The van der Waals surface area contributed by atoms with E-state index in [1.54, 1.807) is 0 Å². The van der Waals surface area contributed by atoms with Crippen molar-refractivity contribution >= 4 is 37.8 Å². The van der Waals surface area contributed by atoms with E-state index >= 15 is 0 Å². The molecule has 5 heteroatoms. The molecule has 0 aliphatic heterocycles. The van der Waals surface area contributed by atoms with Crippen LogP contribution in [0.2, 0.25) is 0 Å². The lowest BCUT2D eigenvalue weighted by atomic mass is 10.2. The van der Waals surface area contributed by atoms with Crippen molar-refractivity contribution in [3.63, 3.8) is 0 Å². The fourth-order valence-electron chi connectivity index (χ4n) is 1.33. The number of unbranched alkanes of at least 4 members (excludes halogenated alkanes) is 2. The Labute approximate surface area is 117 Å². The highest BCUT2D eigenvalue weighted by molar-refractivity contribution is 9.11. The Morgan fingerprint density at radius 2 is 2.00 bits per heavy atom. The SMILES string of the molecule is O=C(O)CCCCCOc1ccc(Br)cc1Br. The quantitative estimate of drug-likeness (QED) is 0.735. The fraction of sp³-hybridized carbons (Fsp3) is 0.417. The van der Waals surface area contributed by atoms with Gasteiger partial charge in [0.05, 0.1) is 11.1 Å². The third-order valence-electron chi connectivity index (χ3n) is 2.19. The Hall–Kier alpha value is -0.550. The molecule has 0 saturated carbocycles. The molecule has 0 spiro atoms. The predicted molar refractivity (Wildman–Crippen MR) is 73.4 cm³/mol. The zero-order valence-electron chi connectivity index (χ0n) is 9.29. The highest BCUT2D eigenvalue weighted by Crippen LogP contribution is 2.28. The summed E-state index contributed by atoms with van der Waals surface area (Å²) in [7, 11) is 0. The number of benzene rings is 1. The van der Waals surface area contributed by atoms with E-state index in [0.717, 1.165) is 27.5 Å². The second kappa shape index (κ2) is 7.71. The predicted octanol–water partition coefficient (Wildman–Crippen LogP) is 4.24. The molecule has 94 valence electrons. The number of ether oxygens (including phenoxy) is 1. The van der Waals surface area contributed by atoms with E-state index in [2.05, 4.69) is 31.9 Å². The van der Waals surface area contributed by atoms with Gasteiger partial charge in [0.2, 0.25) is 0 Å². The molecule has 0 unspecified atom stereocenters. The van der Waals surface area contributed by atoms with Crippen LogP contribution in [0.1, 0.15) is 25.7 Å². The molecular weight excluding hydrogens is 352 g/mol. The van der Waals surface area contributed by atoms with E-state index < -0.39 is 5.97 Å². The zero-order chi connectivity index (χ0) is 12.7. The lowest BCUT2D eigenvalue weighted by Crippen LogP contribution is -1.99. The normalized spacial score (nSPS) is 10.2. The first-order chi connectivity index (χ1) is 8.09. The molecule has 0 heterocycles. The lowest BCUT2D eigenvalue weighted by Gasteiger charge is -2.08. The smallest absolute Gasteiger partial charge is 0.303 e. The number of rotatable bonds is 7. The molecule has 0 bridgehead atoms. The van der Waals surface area contributed by atoms with Crippen LogP contribution in [-0.4, -0.2) is 17.7 Å². The van der Waals surface area contributed by atoms with Crippen LogP contribution < -0.4 is 4.74 Å². The number of carboxylic acid groups (broad SMARTS) is 1. The summed E-state index contributed by atoms with van der Waals surface area (Å²) in [5.41, 5.74) is 0. The number of carbonyl (C=O) groups is 1. The maximum Gasteiger partial charge on any atom is 0.303 e. The molecule has 1 N–H and O–H groups in total. The molecule has 17 heavy (non-hydrogen) atoms. The molecule has 0 radical (unpaired) electrons. The molecule has 1 aromatic carbocycles. The van der Waals surface area contributed by atoms with E-state index in [4.69, 9.17) is 9.84 Å². The van der Waals surface area contributed by atoms with Crippen LogP contribution in [0.25, 0.3) is 0 Å². The van der Waals surface area contributed by atoms with Gasteiger partial charge in [-0.3, -0.25) is 4.79 Å². The van der Waals surface area contributed by atoms with Gasteiger partial charge in [0.25, 0.3) is 0 Å². The summed E-state index contributed by atoms with van der Waals surface area (Å²) in [4.78, 5) is 10.3. The number of aliphatic carboxylic acids is 1. The van der Waals surface area contributed by atoms with Crippen molar-refractivity contribution in [3.05, 3.63) is 27.1 Å². The molecule has 0 aliphatic carbocycles. The standard InChI is InChI=1S/C12H14Br2O3/c13-9-5-6-11(10(14)8-9)17-7-3-1-2-4-12(15)16/h5-6,8H,1-4,7H2,(H,15,16). The van der Waals surface area contributed by atoms with Gasteiger partial charge in [-0.15, -0.1) is 0 Å². The average molecular weight is 366 g/mol. The van der Waals surface area contributed by atoms with Gasteiger partial charge in [-0.2, -0.15) is 0 Å². The van der Waals surface area contributed by atoms with Crippen molar-refractivity contribution in [1.82, 2.24) is 0 Å². The summed E-state index contributed by atoms with van der Waals surface area (Å²) < 4.78 is 7.50. The lowest BCUT2D eigenvalue weighted by molar-refractivity contribution is -0.137. The van der Waals surface area contributed by atoms with Crippen molar-refractivity contribution < 1.29 is 14.6 Å². The van der Waals surface area contributed by atoms with Gasteiger partial charge in [0.15, 0.2) is 0 Å². The number of hydrogen-bond acceptors (Lipinski definition) is 2. The molecule has 0 saturated heterocycles. The van der Waals surface area contributed by atoms with Gasteiger partial charge >= 0.3 is 5.97 Å². The first-order valence-corrected chi connectivity index (χ1v) is 6.98. The Kier molecular flexibility index (Phi) is 6.58. The minimum Gasteiger partial charge on any atom is -0.492 e. The Morgan fingerprint density at radius 3 is 2.65 bits per heavy atom. The van der Waals surface area contributed by atoms with Gasteiger partial charge in [0.1, 0.15) is 5.75 Å². The van der Waals surface area contributed by atoms with E-state index in [0.29, 0.717) is 13.0 Å². The van der Waals surface area contributed by atoms with Crippen LogP contribution in [0.5, 0.6) is 5.75 Å². The largest absolute Gasteiger partial charge is 0.492 e. The van der Waals surface area contributed by atoms with Crippen LogP contribution in [-0.2, 0) is 4.79 Å². The number of halogens is 2. The van der Waals surface area contributed by atoms with Crippen LogP contribution >= 0.6 is 31.9 Å². The Morgan fingerprint density at radius 1 is 1.24 bits per heavy atom. The zero-order valence-corrected chi connectivity index (χ0v) is 12.5. The maximum atomic E-state index is 10.3.